The van der Waals surface area contributed by atoms with E-state index in [1.54, 1.807) is 37.3 Å². The maximum Gasteiger partial charge on any atom is 0.244 e. The van der Waals surface area contributed by atoms with Crippen molar-refractivity contribution in [3.8, 4) is 0 Å². The second-order valence-corrected chi connectivity index (χ2v) is 12.0. The Balaban J connectivity index is 2.07. The molecule has 7 nitrogen and oxygen atoms in total. The van der Waals surface area contributed by atoms with Crippen LogP contribution < -0.4 is 9.62 Å². The molecule has 2 atom stereocenters. The van der Waals surface area contributed by atoms with Crippen LogP contribution in [0.25, 0.3) is 10.8 Å². The zero-order valence-electron chi connectivity index (χ0n) is 21.9. The molecule has 3 aromatic carbocycles. The van der Waals surface area contributed by atoms with Crippen molar-refractivity contribution in [2.75, 3.05) is 17.1 Å². The summed E-state index contributed by atoms with van der Waals surface area (Å²) in [5, 5.41) is 5.17. The quantitative estimate of drug-likeness (QED) is 0.319. The van der Waals surface area contributed by atoms with Gasteiger partial charge in [0, 0.05) is 33.6 Å². The van der Waals surface area contributed by atoms with Gasteiger partial charge in [0.2, 0.25) is 21.8 Å². The van der Waals surface area contributed by atoms with Crippen LogP contribution >= 0.6 is 23.2 Å². The van der Waals surface area contributed by atoms with E-state index in [0.717, 1.165) is 22.4 Å². The van der Waals surface area contributed by atoms with Crippen molar-refractivity contribution < 1.29 is 18.0 Å². The standard InChI is InChI=1S/C28H33Cl2N3O4S/c1-5-19(3)31-28(35)25(6-2)32(17-22-23(29)14-10-15-24(22)30)27(34)18-33(38(4,36)37)26-16-9-12-20-11-7-8-13-21(20)26/h7-16,19,25H,5-6,17-18H2,1-4H3,(H,31,35)/t19-,25-/m1/s1. The molecular weight excluding hydrogens is 545 g/mol. The minimum atomic E-state index is -3.87. The van der Waals surface area contributed by atoms with Gasteiger partial charge in [-0.25, -0.2) is 8.42 Å². The van der Waals surface area contributed by atoms with Gasteiger partial charge in [0.1, 0.15) is 12.6 Å². The first-order valence-corrected chi connectivity index (χ1v) is 15.1. The number of nitrogens with one attached hydrogen (secondary N) is 1. The van der Waals surface area contributed by atoms with E-state index >= 15 is 0 Å². The average molecular weight is 579 g/mol. The van der Waals surface area contributed by atoms with E-state index in [-0.39, 0.29) is 18.5 Å². The number of halogens is 2. The summed E-state index contributed by atoms with van der Waals surface area (Å²) in [5.41, 5.74) is 0.863. The predicted molar refractivity (Wildman–Crippen MR) is 155 cm³/mol. The van der Waals surface area contributed by atoms with E-state index in [9.17, 15) is 18.0 Å². The molecule has 0 spiro atoms. The third kappa shape index (κ3) is 6.98. The number of carbonyl (C=O) groups excluding carboxylic acids is 2. The fraction of sp³-hybridized carbons (Fsp3) is 0.357. The molecule has 38 heavy (non-hydrogen) atoms. The predicted octanol–water partition coefficient (Wildman–Crippen LogP) is 5.63. The molecule has 0 aliphatic rings. The van der Waals surface area contributed by atoms with E-state index in [0.29, 0.717) is 33.1 Å². The number of sulfonamides is 1. The lowest BCUT2D eigenvalue weighted by Gasteiger charge is -2.34. The zero-order chi connectivity index (χ0) is 28.0. The summed E-state index contributed by atoms with van der Waals surface area (Å²) in [6, 6.07) is 16.7. The second kappa shape index (κ2) is 12.8. The van der Waals surface area contributed by atoms with Crippen LogP contribution in [0.4, 0.5) is 5.69 Å². The van der Waals surface area contributed by atoms with Gasteiger partial charge < -0.3 is 10.2 Å². The van der Waals surface area contributed by atoms with E-state index in [1.165, 1.54) is 4.90 Å². The lowest BCUT2D eigenvalue weighted by atomic mass is 10.1. The van der Waals surface area contributed by atoms with Crippen LogP contribution in [0.5, 0.6) is 0 Å². The van der Waals surface area contributed by atoms with Crippen molar-refractivity contribution in [1.29, 1.82) is 0 Å². The molecule has 0 saturated heterocycles. The molecule has 10 heteroatoms. The Labute approximate surface area is 234 Å². The van der Waals surface area contributed by atoms with Crippen LogP contribution in [0.1, 0.15) is 39.2 Å². The Kier molecular flexibility index (Phi) is 10.0. The monoisotopic (exact) mass is 577 g/mol. The van der Waals surface area contributed by atoms with Crippen LogP contribution in [0.3, 0.4) is 0 Å². The average Bonchev–Trinajstić information content (AvgIpc) is 2.87. The van der Waals surface area contributed by atoms with E-state index < -0.39 is 28.5 Å². The Morgan fingerprint density at radius 2 is 1.53 bits per heavy atom. The van der Waals surface area contributed by atoms with Gasteiger partial charge in [0.25, 0.3) is 0 Å². The molecule has 204 valence electrons. The fourth-order valence-electron chi connectivity index (χ4n) is 4.23. The number of amides is 2. The van der Waals surface area contributed by atoms with Crippen molar-refractivity contribution in [1.82, 2.24) is 10.2 Å². The van der Waals surface area contributed by atoms with Crippen molar-refractivity contribution in [3.05, 3.63) is 76.3 Å². The highest BCUT2D eigenvalue weighted by Crippen LogP contribution is 2.30. The maximum absolute atomic E-state index is 14.0. The van der Waals surface area contributed by atoms with E-state index in [1.807, 2.05) is 44.2 Å². The number of fused-ring (bicyclic) bond motifs is 1. The van der Waals surface area contributed by atoms with Gasteiger partial charge in [-0.3, -0.25) is 13.9 Å². The first-order chi connectivity index (χ1) is 18.0. The third-order valence-electron chi connectivity index (χ3n) is 6.49. The maximum atomic E-state index is 14.0. The van der Waals surface area contributed by atoms with Gasteiger partial charge in [-0.2, -0.15) is 0 Å². The highest BCUT2D eigenvalue weighted by atomic mass is 35.5. The topological polar surface area (TPSA) is 86.8 Å². The summed E-state index contributed by atoms with van der Waals surface area (Å²) in [6.07, 6.45) is 2.09. The van der Waals surface area contributed by atoms with E-state index in [4.69, 9.17) is 23.2 Å². The minimum absolute atomic E-state index is 0.0586. The smallest absolute Gasteiger partial charge is 0.244 e. The van der Waals surface area contributed by atoms with Crippen LogP contribution in [0.2, 0.25) is 10.0 Å². The van der Waals surface area contributed by atoms with Crippen LogP contribution in [-0.4, -0.2) is 50.0 Å². The molecule has 3 aromatic rings. The van der Waals surface area contributed by atoms with Gasteiger partial charge in [0.05, 0.1) is 11.9 Å². The number of benzene rings is 3. The second-order valence-electron chi connectivity index (χ2n) is 9.23. The highest BCUT2D eigenvalue weighted by molar-refractivity contribution is 7.92. The normalized spacial score (nSPS) is 13.1. The molecule has 1 N–H and O–H groups in total. The number of hydrogen-bond donors (Lipinski definition) is 1. The molecule has 0 fully saturated rings. The Morgan fingerprint density at radius 3 is 2.13 bits per heavy atom. The first-order valence-electron chi connectivity index (χ1n) is 12.5. The van der Waals surface area contributed by atoms with Gasteiger partial charge in [-0.15, -0.1) is 0 Å². The summed E-state index contributed by atoms with van der Waals surface area (Å²) in [6.45, 7) is 5.08. The molecule has 3 rings (SSSR count). The number of carbonyl (C=O) groups is 2. The summed E-state index contributed by atoms with van der Waals surface area (Å²) in [7, 11) is -3.87. The van der Waals surface area contributed by atoms with Crippen LogP contribution in [0.15, 0.2) is 60.7 Å². The molecule has 0 radical (unpaired) electrons. The molecular formula is C28H33Cl2N3O4S. The zero-order valence-corrected chi connectivity index (χ0v) is 24.3. The Hall–Kier alpha value is -2.81. The van der Waals surface area contributed by atoms with Gasteiger partial charge in [-0.05, 0) is 43.4 Å². The Morgan fingerprint density at radius 1 is 0.921 bits per heavy atom. The number of nitrogens with zero attached hydrogens (tertiary/aromatic N) is 2. The summed E-state index contributed by atoms with van der Waals surface area (Å²) >= 11 is 12.8. The molecule has 2 amide bonds. The molecule has 0 saturated carbocycles. The molecule has 0 aliphatic heterocycles. The highest BCUT2D eigenvalue weighted by Gasteiger charge is 2.33. The molecule has 0 aliphatic carbocycles. The van der Waals surface area contributed by atoms with Crippen molar-refractivity contribution in [2.45, 2.75) is 52.2 Å². The molecule has 0 bridgehead atoms. The third-order valence-corrected chi connectivity index (χ3v) is 8.33. The summed E-state index contributed by atoms with van der Waals surface area (Å²) < 4.78 is 27.1. The van der Waals surface area contributed by atoms with Gasteiger partial charge in [-0.1, -0.05) is 79.5 Å². The molecule has 0 unspecified atom stereocenters. The van der Waals surface area contributed by atoms with Crippen molar-refractivity contribution in [3.63, 3.8) is 0 Å². The SMILES string of the molecule is CC[C@@H](C)NC(=O)[C@@H](CC)N(Cc1c(Cl)cccc1Cl)C(=O)CN(c1cccc2ccccc12)S(C)(=O)=O. The Bertz CT molecular complexity index is 1390. The van der Waals surface area contributed by atoms with E-state index in [2.05, 4.69) is 5.32 Å². The largest absolute Gasteiger partial charge is 0.352 e. The number of hydrogen-bond acceptors (Lipinski definition) is 4. The van der Waals surface area contributed by atoms with Crippen LogP contribution in [0, 0.1) is 0 Å². The molecule has 0 heterocycles. The number of anilines is 1. The van der Waals surface area contributed by atoms with Gasteiger partial charge in [0.15, 0.2) is 0 Å². The van der Waals surface area contributed by atoms with Crippen molar-refractivity contribution in [2.24, 2.45) is 0 Å². The molecule has 0 aromatic heterocycles. The summed E-state index contributed by atoms with van der Waals surface area (Å²) in [4.78, 5) is 28.6. The number of rotatable bonds is 11. The minimum Gasteiger partial charge on any atom is -0.352 e. The van der Waals surface area contributed by atoms with Gasteiger partial charge >= 0.3 is 0 Å². The van der Waals surface area contributed by atoms with Crippen LogP contribution in [-0.2, 0) is 26.2 Å². The first kappa shape index (κ1) is 29.7. The van der Waals surface area contributed by atoms with Crippen molar-refractivity contribution >= 4 is 61.5 Å². The summed E-state index contributed by atoms with van der Waals surface area (Å²) in [5.74, 6) is -0.875. The lowest BCUT2D eigenvalue weighted by molar-refractivity contribution is -0.140. The fourth-order valence-corrected chi connectivity index (χ4v) is 5.61. The lowest BCUT2D eigenvalue weighted by Crippen LogP contribution is -2.53.